The molecule has 0 fully saturated rings. The van der Waals surface area contributed by atoms with E-state index in [2.05, 4.69) is 15.3 Å². The highest BCUT2D eigenvalue weighted by Gasteiger charge is 2.09. The molecular formula is C11H10ClN5. The molecule has 0 aliphatic carbocycles. The Bertz CT molecular complexity index is 697. The Labute approximate surface area is 102 Å². The molecule has 5 nitrogen and oxygen atoms in total. The molecule has 0 aliphatic rings. The molecule has 0 atom stereocenters. The molecule has 0 bridgehead atoms. The van der Waals surface area contributed by atoms with Gasteiger partial charge in [-0.25, -0.2) is 0 Å². The summed E-state index contributed by atoms with van der Waals surface area (Å²) in [5.41, 5.74) is 8.62. The standard InChI is InChI=1S/C11H10ClN5/c1-17-11(13)8(5-14-17)6-2-3-7-9(4-6)15-16-10(7)12/h2-5H,13H2,1H3,(H,15,16). The third-order valence-electron chi connectivity index (χ3n) is 2.80. The highest BCUT2D eigenvalue weighted by molar-refractivity contribution is 6.34. The van der Waals surface area contributed by atoms with Gasteiger partial charge in [0.1, 0.15) is 11.0 Å². The molecule has 1 aromatic carbocycles. The summed E-state index contributed by atoms with van der Waals surface area (Å²) in [6, 6.07) is 5.81. The Balaban J connectivity index is 2.21. The maximum absolute atomic E-state index is 5.95. The predicted octanol–water partition coefficient (Wildman–Crippen LogP) is 2.20. The molecule has 0 amide bonds. The number of H-pyrrole nitrogens is 1. The number of halogens is 1. The zero-order valence-corrected chi connectivity index (χ0v) is 9.86. The van der Waals surface area contributed by atoms with Gasteiger partial charge in [-0.1, -0.05) is 17.7 Å². The number of hydrogen-bond donors (Lipinski definition) is 2. The molecule has 3 rings (SSSR count). The highest BCUT2D eigenvalue weighted by Crippen LogP contribution is 2.29. The summed E-state index contributed by atoms with van der Waals surface area (Å²) in [6.45, 7) is 0. The summed E-state index contributed by atoms with van der Waals surface area (Å²) in [6.07, 6.45) is 1.74. The molecule has 0 saturated heterocycles. The molecule has 2 aromatic heterocycles. The first kappa shape index (κ1) is 10.2. The maximum atomic E-state index is 5.95. The smallest absolute Gasteiger partial charge is 0.132 e. The minimum absolute atomic E-state index is 0.547. The van der Waals surface area contributed by atoms with Crippen molar-refractivity contribution in [3.05, 3.63) is 29.5 Å². The quantitative estimate of drug-likeness (QED) is 0.692. The van der Waals surface area contributed by atoms with Crippen molar-refractivity contribution in [2.45, 2.75) is 0 Å². The van der Waals surface area contributed by atoms with Gasteiger partial charge in [0, 0.05) is 18.0 Å². The van der Waals surface area contributed by atoms with Crippen molar-refractivity contribution in [2.24, 2.45) is 7.05 Å². The van der Waals surface area contributed by atoms with Crippen LogP contribution in [0.15, 0.2) is 24.4 Å². The first-order valence-electron chi connectivity index (χ1n) is 5.08. The number of anilines is 1. The molecule has 86 valence electrons. The second-order valence-corrected chi connectivity index (χ2v) is 4.21. The van der Waals surface area contributed by atoms with E-state index in [-0.39, 0.29) is 0 Å². The number of fused-ring (bicyclic) bond motifs is 1. The molecule has 0 spiro atoms. The summed E-state index contributed by atoms with van der Waals surface area (Å²) in [5, 5.41) is 12.4. The van der Waals surface area contributed by atoms with Crippen LogP contribution in [0, 0.1) is 0 Å². The number of aryl methyl sites for hydroxylation is 1. The molecule has 0 aliphatic heterocycles. The molecule has 3 aromatic rings. The van der Waals surface area contributed by atoms with Gasteiger partial charge in [0.25, 0.3) is 0 Å². The summed E-state index contributed by atoms with van der Waals surface area (Å²) in [5.74, 6) is 0.631. The van der Waals surface area contributed by atoms with Gasteiger partial charge in [-0.15, -0.1) is 0 Å². The monoisotopic (exact) mass is 247 g/mol. The number of nitrogen functional groups attached to an aromatic ring is 1. The lowest BCUT2D eigenvalue weighted by molar-refractivity contribution is 0.779. The van der Waals surface area contributed by atoms with Gasteiger partial charge in [0.05, 0.1) is 11.7 Å². The van der Waals surface area contributed by atoms with Crippen LogP contribution in [0.2, 0.25) is 5.15 Å². The number of benzene rings is 1. The Hall–Kier alpha value is -2.01. The maximum Gasteiger partial charge on any atom is 0.132 e. The Kier molecular flexibility index (Phi) is 2.09. The van der Waals surface area contributed by atoms with E-state index >= 15 is 0 Å². The third kappa shape index (κ3) is 1.47. The van der Waals surface area contributed by atoms with Gasteiger partial charge in [0.15, 0.2) is 0 Å². The van der Waals surface area contributed by atoms with Crippen LogP contribution in [-0.4, -0.2) is 20.0 Å². The van der Waals surface area contributed by atoms with Crippen LogP contribution in [0.3, 0.4) is 0 Å². The van der Waals surface area contributed by atoms with Crippen molar-refractivity contribution in [3.63, 3.8) is 0 Å². The van der Waals surface area contributed by atoms with Crippen molar-refractivity contribution >= 4 is 28.3 Å². The van der Waals surface area contributed by atoms with Gasteiger partial charge in [-0.05, 0) is 17.7 Å². The van der Waals surface area contributed by atoms with Gasteiger partial charge in [-0.2, -0.15) is 10.2 Å². The first-order chi connectivity index (χ1) is 8.16. The summed E-state index contributed by atoms with van der Waals surface area (Å²) in [4.78, 5) is 0. The van der Waals surface area contributed by atoms with E-state index in [0.29, 0.717) is 11.0 Å². The van der Waals surface area contributed by atoms with Crippen LogP contribution in [0.1, 0.15) is 0 Å². The number of nitrogens with one attached hydrogen (secondary N) is 1. The fraction of sp³-hybridized carbons (Fsp3) is 0.0909. The lowest BCUT2D eigenvalue weighted by Crippen LogP contribution is -1.97. The average Bonchev–Trinajstić information content (AvgIpc) is 2.85. The topological polar surface area (TPSA) is 72.5 Å². The van der Waals surface area contributed by atoms with Crippen LogP contribution >= 0.6 is 11.6 Å². The van der Waals surface area contributed by atoms with Gasteiger partial charge >= 0.3 is 0 Å². The molecule has 2 heterocycles. The van der Waals surface area contributed by atoms with E-state index in [0.717, 1.165) is 22.0 Å². The zero-order chi connectivity index (χ0) is 12.0. The van der Waals surface area contributed by atoms with E-state index in [1.54, 1.807) is 10.9 Å². The molecule has 0 unspecified atom stereocenters. The van der Waals surface area contributed by atoms with E-state index in [4.69, 9.17) is 17.3 Å². The summed E-state index contributed by atoms with van der Waals surface area (Å²) < 4.78 is 1.64. The lowest BCUT2D eigenvalue weighted by Gasteiger charge is -2.00. The Morgan fingerprint density at radius 2 is 2.24 bits per heavy atom. The van der Waals surface area contributed by atoms with Crippen molar-refractivity contribution < 1.29 is 0 Å². The van der Waals surface area contributed by atoms with Crippen LogP contribution in [0.5, 0.6) is 0 Å². The van der Waals surface area contributed by atoms with E-state index in [1.165, 1.54) is 0 Å². The van der Waals surface area contributed by atoms with Crippen molar-refractivity contribution in [2.75, 3.05) is 5.73 Å². The molecule has 3 N–H and O–H groups in total. The van der Waals surface area contributed by atoms with E-state index in [1.807, 2.05) is 25.2 Å². The number of aromatic amines is 1. The predicted molar refractivity (Wildman–Crippen MR) is 67.7 cm³/mol. The van der Waals surface area contributed by atoms with Crippen molar-refractivity contribution in [3.8, 4) is 11.1 Å². The summed E-state index contributed by atoms with van der Waals surface area (Å²) in [7, 11) is 1.81. The third-order valence-corrected chi connectivity index (χ3v) is 3.09. The number of nitrogens with two attached hydrogens (primary N) is 1. The van der Waals surface area contributed by atoms with Crippen molar-refractivity contribution in [1.29, 1.82) is 0 Å². The first-order valence-corrected chi connectivity index (χ1v) is 5.46. The normalized spacial score (nSPS) is 11.2. The molecule has 6 heteroatoms. The van der Waals surface area contributed by atoms with E-state index in [9.17, 15) is 0 Å². The molecule has 0 saturated carbocycles. The highest BCUT2D eigenvalue weighted by atomic mass is 35.5. The molecular weight excluding hydrogens is 238 g/mol. The van der Waals surface area contributed by atoms with E-state index < -0.39 is 0 Å². The Morgan fingerprint density at radius 1 is 1.41 bits per heavy atom. The molecule has 0 radical (unpaired) electrons. The zero-order valence-electron chi connectivity index (χ0n) is 9.11. The molecule has 17 heavy (non-hydrogen) atoms. The average molecular weight is 248 g/mol. The van der Waals surface area contributed by atoms with Crippen LogP contribution in [0.4, 0.5) is 5.82 Å². The number of hydrogen-bond acceptors (Lipinski definition) is 3. The number of aromatic nitrogens is 4. The Morgan fingerprint density at radius 3 is 2.94 bits per heavy atom. The fourth-order valence-electron chi connectivity index (χ4n) is 1.82. The minimum Gasteiger partial charge on any atom is -0.383 e. The minimum atomic E-state index is 0.547. The second kappa shape index (κ2) is 3.49. The van der Waals surface area contributed by atoms with Gasteiger partial charge < -0.3 is 5.73 Å². The van der Waals surface area contributed by atoms with Gasteiger partial charge in [0.2, 0.25) is 0 Å². The van der Waals surface area contributed by atoms with Crippen molar-refractivity contribution in [1.82, 2.24) is 20.0 Å². The van der Waals surface area contributed by atoms with Crippen LogP contribution in [0.25, 0.3) is 22.0 Å². The number of nitrogens with zero attached hydrogens (tertiary/aromatic N) is 3. The van der Waals surface area contributed by atoms with Crippen LogP contribution < -0.4 is 5.73 Å². The summed E-state index contributed by atoms with van der Waals surface area (Å²) >= 11 is 5.95. The largest absolute Gasteiger partial charge is 0.383 e. The second-order valence-electron chi connectivity index (χ2n) is 3.84. The number of rotatable bonds is 1. The fourth-order valence-corrected chi connectivity index (χ4v) is 2.02. The lowest BCUT2D eigenvalue weighted by atomic mass is 10.1. The SMILES string of the molecule is Cn1ncc(-c2ccc3c(Cl)[nH]nc3c2)c1N. The van der Waals surface area contributed by atoms with Crippen LogP contribution in [-0.2, 0) is 7.05 Å². The van der Waals surface area contributed by atoms with Gasteiger partial charge in [-0.3, -0.25) is 9.78 Å².